The van der Waals surface area contributed by atoms with Crippen molar-refractivity contribution in [2.24, 2.45) is 35.5 Å². The molecule has 34 heteroatoms. The third-order valence-corrected chi connectivity index (χ3v) is 24.7. The molecule has 4 aliphatic heterocycles. The number of nitrogens with zero attached hydrogens (tertiary/aromatic N) is 7. The summed E-state index contributed by atoms with van der Waals surface area (Å²) in [7, 11) is 4.52. The zero-order valence-electron chi connectivity index (χ0n) is 75.6. The first-order valence-electron chi connectivity index (χ1n) is 45.0. The number of aliphatic hydroxyl groups is 3. The van der Waals surface area contributed by atoms with Crippen LogP contribution in [0, 0.1) is 35.5 Å². The van der Waals surface area contributed by atoms with E-state index in [0.29, 0.717) is 222 Å². The number of fused-ring (bicyclic) bond motifs is 6. The van der Waals surface area contributed by atoms with E-state index in [1.807, 2.05) is 79.8 Å². The third-order valence-electron chi connectivity index (χ3n) is 24.7. The number of nitrogen functional groups attached to an aromatic ring is 2. The summed E-state index contributed by atoms with van der Waals surface area (Å²) in [5.41, 5.74) is 20.0. The summed E-state index contributed by atoms with van der Waals surface area (Å²) >= 11 is 0. The summed E-state index contributed by atoms with van der Waals surface area (Å²) in [5.74, 6) is -7.56. The number of anilines is 2. The Hall–Kier alpha value is -8.56. The van der Waals surface area contributed by atoms with Crippen LogP contribution in [-0.4, -0.2) is 293 Å². The number of hydrogen-bond donors (Lipinski definition) is 6. The second kappa shape index (κ2) is 51.1. The first-order chi connectivity index (χ1) is 61.3. The van der Waals surface area contributed by atoms with Gasteiger partial charge in [-0.2, -0.15) is 10.1 Å². The standard InChI is InChI=1S/C93H136N10O24/c1-59-16-12-11-13-17-60(2)77(113-8)54-71-24-19-65(7)93(112,127-71)86(108)89(109)102-30-15-14-18-73(102)90(110)124-78(55-74(104)61(3)49-64(6)84(107)85(115-10)83(106)63(5)48-59)62(4)50-66-21-25-76(79(52-66)114-9)126-92(111)96-29-33-117-35-37-119-39-41-121-43-45-123-47-46-122-44-42-120-40-38-118-36-34-116-32-28-80(105)101-31-27-68-51-67(20-22-70(68)57-101)56-103-88-81(87(94)97-58-98-88)82(100-103)69-23-26-75-72(53-69)99-91(95)125-75/h11-13,16-17,20,22-23,26,49,51,53,58-59,61-63,65-66,71,73-74,76-79,84-85,104,107,112H,14-15,18-19,21,24-25,27-48,50,52,54-57H2,1-10H3,(H2,95,99)(H,96,111)(H2,94,97,98)/b13-11+,16-12+,60-17+,64-49+/t59-,61-,62-,63-,65-,66+,71+,73+,74-,76-,77+,78+,79-,84-,85+,93-/m1/s1. The predicted molar refractivity (Wildman–Crippen MR) is 471 cm³/mol. The van der Waals surface area contributed by atoms with Crippen LogP contribution in [-0.2, 0) is 110 Å². The van der Waals surface area contributed by atoms with E-state index in [-0.39, 0.29) is 74.4 Å². The number of nitrogens with one attached hydrogen (secondary N) is 1. The number of ketones is 2. The Morgan fingerprint density at radius 2 is 1.38 bits per heavy atom. The molecular formula is C93H136N10O24. The van der Waals surface area contributed by atoms with E-state index < -0.39 is 102 Å². The maximum Gasteiger partial charge on any atom is 0.407 e. The number of Topliss-reactive ketones (excluding diaryl/α,β-unsaturated/α-hetero) is 2. The molecule has 10 rings (SSSR count). The van der Waals surface area contributed by atoms with Crippen LogP contribution in [0.2, 0.25) is 0 Å². The molecular weight excluding hydrogens is 1640 g/mol. The number of aromatic nitrogens is 5. The Kier molecular flexibility index (Phi) is 40.5. The van der Waals surface area contributed by atoms with Gasteiger partial charge in [-0.05, 0) is 148 Å². The van der Waals surface area contributed by atoms with Crippen LogP contribution >= 0.6 is 0 Å². The van der Waals surface area contributed by atoms with Crippen molar-refractivity contribution in [1.29, 1.82) is 0 Å². The van der Waals surface area contributed by atoms with Gasteiger partial charge in [0.25, 0.3) is 17.7 Å². The van der Waals surface area contributed by atoms with Crippen LogP contribution in [0.4, 0.5) is 16.6 Å². The predicted octanol–water partition coefficient (Wildman–Crippen LogP) is 8.97. The van der Waals surface area contributed by atoms with Gasteiger partial charge in [0.15, 0.2) is 17.0 Å². The minimum atomic E-state index is -2.47. The van der Waals surface area contributed by atoms with Gasteiger partial charge in [-0.1, -0.05) is 89.3 Å². The molecule has 3 fully saturated rings. The monoisotopic (exact) mass is 1780 g/mol. The second-order valence-electron chi connectivity index (χ2n) is 34.1. The summed E-state index contributed by atoms with van der Waals surface area (Å²) in [6.45, 7) is 20.5. The molecule has 3 aromatic heterocycles. The average molecular weight is 1780 g/mol. The molecule has 702 valence electrons. The number of ether oxygens (including phenoxy) is 14. The smallest absolute Gasteiger partial charge is 0.407 e. The Balaban J connectivity index is 0.552. The topological polar surface area (TPSA) is 433 Å². The number of nitrogens with two attached hydrogens (primary N) is 2. The number of aliphatic hydroxyl groups excluding tert-OH is 2. The van der Waals surface area contributed by atoms with E-state index in [1.165, 1.54) is 23.9 Å². The maximum atomic E-state index is 14.8. The molecule has 0 radical (unpaired) electrons. The fourth-order valence-electron chi connectivity index (χ4n) is 17.3. The Bertz CT molecular complexity index is 4460. The quantitative estimate of drug-likeness (QED) is 0.00934. The third kappa shape index (κ3) is 29.5. The Morgan fingerprint density at radius 3 is 2.05 bits per heavy atom. The first kappa shape index (κ1) is 101. The number of allylic oxidation sites excluding steroid dienone is 5. The molecule has 0 spiro atoms. The van der Waals surface area contributed by atoms with Gasteiger partial charge in [-0.3, -0.25) is 19.2 Å². The van der Waals surface area contributed by atoms with Crippen molar-refractivity contribution in [3.05, 3.63) is 107 Å². The number of alkyl carbamates (subject to hydrolysis) is 1. The van der Waals surface area contributed by atoms with Gasteiger partial charge >= 0.3 is 12.1 Å². The zero-order chi connectivity index (χ0) is 90.9. The fourth-order valence-corrected chi connectivity index (χ4v) is 17.3. The van der Waals surface area contributed by atoms with Crippen LogP contribution in [0.25, 0.3) is 33.4 Å². The number of hydrogen-bond acceptors (Lipinski definition) is 30. The Labute approximate surface area is 744 Å². The average Bonchev–Trinajstić information content (AvgIpc) is 1.71. The number of piperidine rings is 1. The highest BCUT2D eigenvalue weighted by atomic mass is 16.6. The van der Waals surface area contributed by atoms with Crippen LogP contribution in [0.5, 0.6) is 0 Å². The number of esters is 1. The lowest BCUT2D eigenvalue weighted by Gasteiger charge is -2.43. The minimum Gasteiger partial charge on any atom is -0.460 e. The van der Waals surface area contributed by atoms with E-state index >= 15 is 0 Å². The molecule has 1 aliphatic carbocycles. The van der Waals surface area contributed by atoms with Crippen molar-refractivity contribution >= 4 is 69.4 Å². The molecule has 16 atom stereocenters. The second-order valence-corrected chi connectivity index (χ2v) is 34.1. The van der Waals surface area contributed by atoms with E-state index in [0.717, 1.165) is 28.7 Å². The lowest BCUT2D eigenvalue weighted by atomic mass is 9.78. The summed E-state index contributed by atoms with van der Waals surface area (Å²) in [6, 6.07) is 10.7. The van der Waals surface area contributed by atoms with Gasteiger partial charge in [0.05, 0.1) is 148 Å². The van der Waals surface area contributed by atoms with E-state index in [4.69, 9.17) is 87.3 Å². The normalized spacial score (nSPS) is 27.6. The zero-order valence-corrected chi connectivity index (χ0v) is 75.6. The largest absolute Gasteiger partial charge is 0.460 e. The van der Waals surface area contributed by atoms with Gasteiger partial charge in [0, 0.05) is 83.7 Å². The van der Waals surface area contributed by atoms with Crippen molar-refractivity contribution in [2.75, 3.05) is 158 Å². The van der Waals surface area contributed by atoms with Crippen LogP contribution < -0.4 is 16.8 Å². The van der Waals surface area contributed by atoms with Crippen LogP contribution in [0.3, 0.4) is 0 Å². The number of oxazole rings is 1. The number of carbonyl (C=O) groups excluding carboxylic acids is 6. The van der Waals surface area contributed by atoms with Gasteiger partial charge in [0.2, 0.25) is 11.7 Å². The highest BCUT2D eigenvalue weighted by Gasteiger charge is 2.53. The fraction of sp³-hybridized carbons (Fsp3) is 0.656. The molecule has 34 nitrogen and oxygen atoms in total. The molecule has 2 bridgehead atoms. The first-order valence-corrected chi connectivity index (χ1v) is 45.0. The molecule has 127 heavy (non-hydrogen) atoms. The van der Waals surface area contributed by atoms with Gasteiger partial charge in [-0.15, -0.1) is 0 Å². The lowest BCUT2D eigenvalue weighted by molar-refractivity contribution is -0.265. The van der Waals surface area contributed by atoms with Crippen molar-refractivity contribution in [1.82, 2.24) is 39.8 Å². The molecule has 3 amide bonds. The molecule has 5 aromatic rings. The van der Waals surface area contributed by atoms with Crippen LogP contribution in [0.1, 0.15) is 149 Å². The molecule has 2 saturated heterocycles. The van der Waals surface area contributed by atoms with Crippen molar-refractivity contribution < 1.29 is 115 Å². The highest BCUT2D eigenvalue weighted by molar-refractivity contribution is 6.39. The summed E-state index contributed by atoms with van der Waals surface area (Å²) < 4.78 is 88.5. The van der Waals surface area contributed by atoms with E-state index in [1.54, 1.807) is 47.1 Å². The Morgan fingerprint density at radius 1 is 0.701 bits per heavy atom. The number of methoxy groups -OCH3 is 3. The number of cyclic esters (lactones) is 1. The van der Waals surface area contributed by atoms with Crippen LogP contribution in [0.15, 0.2) is 94.7 Å². The van der Waals surface area contributed by atoms with Crippen molar-refractivity contribution in [2.45, 2.75) is 212 Å². The summed E-state index contributed by atoms with van der Waals surface area (Å²) in [4.78, 5) is 100. The minimum absolute atomic E-state index is 0.00472. The van der Waals surface area contributed by atoms with Crippen molar-refractivity contribution in [3.8, 4) is 11.3 Å². The number of amides is 3. The van der Waals surface area contributed by atoms with E-state index in [9.17, 15) is 44.1 Å². The van der Waals surface area contributed by atoms with Gasteiger partial charge in [0.1, 0.15) is 53.8 Å². The SMILES string of the molecule is CO[C@H]1C[C@@H]2CC[C@@H](C)[C@@](O)(O2)C(=O)C(=O)N2CCCC[C@H]2C(=O)O[C@H]([C@H](C)C[C@@H]2CC[C@@H](OC(=O)NCCOCCOCCOCCOCCOCCOCCOCCOCCC(=O)N3CCc4cc(Cn5nc(-c6ccc7oc(N)nc7c6)c6c(N)ncnc65)ccc4C3)[C@H](OC)C2)C[C@@H](O)[C@H](C)/C=C(\C)[C@@H](O)[C@@H](OC)C(=O)[C@H](C)C[C@H](C)/C=C/C=C/C=C/1C. The molecule has 7 heterocycles. The van der Waals surface area contributed by atoms with E-state index in [2.05, 4.69) is 38.5 Å². The molecule has 8 N–H and O–H groups in total. The number of benzene rings is 2. The van der Waals surface area contributed by atoms with Crippen molar-refractivity contribution in [3.63, 3.8) is 0 Å². The molecule has 1 saturated carbocycles. The molecule has 0 unspecified atom stereocenters. The summed E-state index contributed by atoms with van der Waals surface area (Å²) in [6.07, 6.45) is 11.4. The molecule has 5 aliphatic rings. The number of rotatable bonds is 37. The summed E-state index contributed by atoms with van der Waals surface area (Å²) in [5, 5.41) is 44.2. The lowest BCUT2D eigenvalue weighted by Crippen LogP contribution is -2.61. The number of carbonyl (C=O) groups is 6. The van der Waals surface area contributed by atoms with Gasteiger partial charge < -0.3 is 113 Å². The maximum absolute atomic E-state index is 14.8. The molecule has 2 aromatic carbocycles. The highest BCUT2D eigenvalue weighted by Crippen LogP contribution is 2.40. The van der Waals surface area contributed by atoms with Gasteiger partial charge in [-0.25, -0.2) is 24.2 Å².